The van der Waals surface area contributed by atoms with Crippen molar-refractivity contribution >= 4 is 17.3 Å². The number of benzene rings is 1. The van der Waals surface area contributed by atoms with E-state index in [1.807, 2.05) is 6.92 Å². The van der Waals surface area contributed by atoms with Crippen LogP contribution in [0.15, 0.2) is 28.8 Å². The van der Waals surface area contributed by atoms with Crippen LogP contribution in [0.25, 0.3) is 0 Å². The van der Waals surface area contributed by atoms with Gasteiger partial charge in [0.15, 0.2) is 0 Å². The van der Waals surface area contributed by atoms with Crippen molar-refractivity contribution in [3.63, 3.8) is 0 Å². The van der Waals surface area contributed by atoms with Crippen LogP contribution in [0.1, 0.15) is 35.9 Å². The van der Waals surface area contributed by atoms with Crippen LogP contribution in [0.2, 0.25) is 0 Å². The van der Waals surface area contributed by atoms with E-state index in [9.17, 15) is 4.79 Å². The van der Waals surface area contributed by atoms with E-state index in [4.69, 9.17) is 14.9 Å². The standard InChI is InChI=1S/C15H19N3O3/c1-3-11-8-18-14(21-11)9-17-13-6-5-10(7-12(13)16)15(19)20-4-2/h5-8,17H,3-4,9,16H2,1-2H3. The third kappa shape index (κ3) is 3.75. The van der Waals surface area contributed by atoms with Gasteiger partial charge in [-0.15, -0.1) is 0 Å². The fourth-order valence-electron chi connectivity index (χ4n) is 1.83. The Morgan fingerprint density at radius 3 is 2.86 bits per heavy atom. The summed E-state index contributed by atoms with van der Waals surface area (Å²) in [5.41, 5.74) is 7.56. The van der Waals surface area contributed by atoms with Crippen molar-refractivity contribution in [1.29, 1.82) is 0 Å². The number of oxazole rings is 1. The second-order valence-electron chi connectivity index (χ2n) is 4.45. The number of aryl methyl sites for hydroxylation is 1. The second-order valence-corrected chi connectivity index (χ2v) is 4.45. The van der Waals surface area contributed by atoms with Crippen molar-refractivity contribution in [1.82, 2.24) is 4.98 Å². The molecular weight excluding hydrogens is 270 g/mol. The van der Waals surface area contributed by atoms with Gasteiger partial charge in [0, 0.05) is 6.42 Å². The van der Waals surface area contributed by atoms with Gasteiger partial charge in [0.1, 0.15) is 5.76 Å². The highest BCUT2D eigenvalue weighted by Gasteiger charge is 2.09. The number of aromatic nitrogens is 1. The van der Waals surface area contributed by atoms with Crippen molar-refractivity contribution < 1.29 is 13.9 Å². The quantitative estimate of drug-likeness (QED) is 0.627. The molecule has 112 valence electrons. The molecule has 2 aromatic rings. The van der Waals surface area contributed by atoms with Gasteiger partial charge in [-0.25, -0.2) is 9.78 Å². The first kappa shape index (κ1) is 14.9. The van der Waals surface area contributed by atoms with Crippen LogP contribution in [0.4, 0.5) is 11.4 Å². The van der Waals surface area contributed by atoms with E-state index in [2.05, 4.69) is 10.3 Å². The number of hydrogen-bond acceptors (Lipinski definition) is 6. The minimum atomic E-state index is -0.379. The lowest BCUT2D eigenvalue weighted by Gasteiger charge is -2.09. The maximum atomic E-state index is 11.6. The molecule has 0 aliphatic heterocycles. The molecule has 0 unspecified atom stereocenters. The highest BCUT2D eigenvalue weighted by atomic mass is 16.5. The summed E-state index contributed by atoms with van der Waals surface area (Å²) in [5.74, 6) is 1.06. The molecule has 1 heterocycles. The lowest BCUT2D eigenvalue weighted by atomic mass is 10.1. The predicted molar refractivity (Wildman–Crippen MR) is 80.0 cm³/mol. The third-order valence-electron chi connectivity index (χ3n) is 2.94. The number of nitrogens with zero attached hydrogens (tertiary/aromatic N) is 1. The lowest BCUT2D eigenvalue weighted by Crippen LogP contribution is -2.07. The number of esters is 1. The van der Waals surface area contributed by atoms with Gasteiger partial charge in [-0.2, -0.15) is 0 Å². The van der Waals surface area contributed by atoms with E-state index < -0.39 is 0 Å². The molecule has 6 nitrogen and oxygen atoms in total. The highest BCUT2D eigenvalue weighted by molar-refractivity contribution is 5.91. The lowest BCUT2D eigenvalue weighted by molar-refractivity contribution is 0.0526. The van der Waals surface area contributed by atoms with Crippen LogP contribution in [0.3, 0.4) is 0 Å². The molecular formula is C15H19N3O3. The molecule has 21 heavy (non-hydrogen) atoms. The van der Waals surface area contributed by atoms with E-state index in [-0.39, 0.29) is 5.97 Å². The molecule has 0 spiro atoms. The molecule has 0 amide bonds. The van der Waals surface area contributed by atoms with Crippen molar-refractivity contribution in [2.75, 3.05) is 17.7 Å². The van der Waals surface area contributed by atoms with Gasteiger partial charge in [-0.1, -0.05) is 6.92 Å². The fourth-order valence-corrected chi connectivity index (χ4v) is 1.83. The largest absolute Gasteiger partial charge is 0.462 e. The first-order valence-electron chi connectivity index (χ1n) is 6.88. The monoisotopic (exact) mass is 289 g/mol. The van der Waals surface area contributed by atoms with E-state index in [0.29, 0.717) is 30.3 Å². The number of carbonyl (C=O) groups is 1. The van der Waals surface area contributed by atoms with E-state index in [1.54, 1.807) is 31.3 Å². The normalized spacial score (nSPS) is 10.4. The number of rotatable bonds is 6. The number of nitrogen functional groups attached to an aromatic ring is 1. The zero-order valence-electron chi connectivity index (χ0n) is 12.2. The minimum absolute atomic E-state index is 0.336. The number of nitrogens with two attached hydrogens (primary N) is 1. The van der Waals surface area contributed by atoms with Crippen molar-refractivity contribution in [2.45, 2.75) is 26.8 Å². The number of ether oxygens (including phenoxy) is 1. The summed E-state index contributed by atoms with van der Waals surface area (Å²) in [4.78, 5) is 15.8. The molecule has 0 fully saturated rings. The van der Waals surface area contributed by atoms with Crippen LogP contribution < -0.4 is 11.1 Å². The Morgan fingerprint density at radius 1 is 1.43 bits per heavy atom. The number of nitrogens with one attached hydrogen (secondary N) is 1. The molecule has 0 saturated carbocycles. The zero-order valence-corrected chi connectivity index (χ0v) is 12.2. The molecule has 0 atom stereocenters. The average Bonchev–Trinajstić information content (AvgIpc) is 2.94. The number of hydrogen-bond donors (Lipinski definition) is 2. The van der Waals surface area contributed by atoms with Gasteiger partial charge in [0.25, 0.3) is 0 Å². The molecule has 0 bridgehead atoms. The first-order chi connectivity index (χ1) is 10.1. The summed E-state index contributed by atoms with van der Waals surface area (Å²) in [6, 6.07) is 5.00. The molecule has 1 aromatic heterocycles. The summed E-state index contributed by atoms with van der Waals surface area (Å²) >= 11 is 0. The molecule has 2 rings (SSSR count). The molecule has 0 aliphatic carbocycles. The zero-order chi connectivity index (χ0) is 15.2. The molecule has 0 saturated heterocycles. The topological polar surface area (TPSA) is 90.4 Å². The Bertz CT molecular complexity index is 622. The second kappa shape index (κ2) is 6.78. The maximum absolute atomic E-state index is 11.6. The van der Waals surface area contributed by atoms with Gasteiger partial charge in [-0.05, 0) is 25.1 Å². The predicted octanol–water partition coefficient (Wildman–Crippen LogP) is 2.61. The Kier molecular flexibility index (Phi) is 4.81. The van der Waals surface area contributed by atoms with Gasteiger partial charge < -0.3 is 20.2 Å². The summed E-state index contributed by atoms with van der Waals surface area (Å²) in [6.07, 6.45) is 2.52. The van der Waals surface area contributed by atoms with Crippen LogP contribution in [-0.2, 0) is 17.7 Å². The van der Waals surface area contributed by atoms with Crippen molar-refractivity contribution in [3.8, 4) is 0 Å². The molecule has 0 radical (unpaired) electrons. The summed E-state index contributed by atoms with van der Waals surface area (Å²) < 4.78 is 10.4. The fraction of sp³-hybridized carbons (Fsp3) is 0.333. The first-order valence-corrected chi connectivity index (χ1v) is 6.88. The Morgan fingerprint density at radius 2 is 2.24 bits per heavy atom. The molecule has 1 aromatic carbocycles. The molecule has 3 N–H and O–H groups in total. The van der Waals surface area contributed by atoms with Gasteiger partial charge in [0.05, 0.1) is 36.3 Å². The van der Waals surface area contributed by atoms with Crippen LogP contribution in [0.5, 0.6) is 0 Å². The third-order valence-corrected chi connectivity index (χ3v) is 2.94. The maximum Gasteiger partial charge on any atom is 0.338 e. The minimum Gasteiger partial charge on any atom is -0.462 e. The summed E-state index contributed by atoms with van der Waals surface area (Å²) in [5, 5.41) is 3.13. The highest BCUT2D eigenvalue weighted by Crippen LogP contribution is 2.21. The van der Waals surface area contributed by atoms with Crippen molar-refractivity contribution in [3.05, 3.63) is 41.6 Å². The average molecular weight is 289 g/mol. The number of anilines is 2. The summed E-state index contributed by atoms with van der Waals surface area (Å²) in [7, 11) is 0. The SMILES string of the molecule is CCOC(=O)c1ccc(NCc2ncc(CC)o2)c(N)c1. The molecule has 0 aliphatic rings. The van der Waals surface area contributed by atoms with Gasteiger partial charge in [-0.3, -0.25) is 0 Å². The molecule has 6 heteroatoms. The van der Waals surface area contributed by atoms with Gasteiger partial charge >= 0.3 is 5.97 Å². The van der Waals surface area contributed by atoms with Crippen molar-refractivity contribution in [2.24, 2.45) is 0 Å². The van der Waals surface area contributed by atoms with E-state index >= 15 is 0 Å². The van der Waals surface area contributed by atoms with Crippen LogP contribution in [0, 0.1) is 0 Å². The number of carbonyl (C=O) groups excluding carboxylic acids is 1. The van der Waals surface area contributed by atoms with Crippen LogP contribution >= 0.6 is 0 Å². The van der Waals surface area contributed by atoms with E-state index in [0.717, 1.165) is 17.9 Å². The van der Waals surface area contributed by atoms with Gasteiger partial charge in [0.2, 0.25) is 5.89 Å². The Hall–Kier alpha value is -2.50. The Labute approximate surface area is 123 Å². The van der Waals surface area contributed by atoms with E-state index in [1.165, 1.54) is 0 Å². The van der Waals surface area contributed by atoms with Crippen LogP contribution in [-0.4, -0.2) is 17.6 Å². The Balaban J connectivity index is 2.02. The summed E-state index contributed by atoms with van der Waals surface area (Å²) in [6.45, 7) is 4.54. The smallest absolute Gasteiger partial charge is 0.338 e.